The highest BCUT2D eigenvalue weighted by Crippen LogP contribution is 2.30. The third kappa shape index (κ3) is 5.29. The van der Waals surface area contributed by atoms with Gasteiger partial charge in [0.05, 0.1) is 5.69 Å². The number of rotatable bonds is 9. The molecule has 1 heterocycles. The Kier molecular flexibility index (Phi) is 5.80. The molecule has 0 aliphatic heterocycles. The van der Waals surface area contributed by atoms with Gasteiger partial charge in [-0.25, -0.2) is 0 Å². The van der Waals surface area contributed by atoms with Crippen LogP contribution in [0.3, 0.4) is 0 Å². The first kappa shape index (κ1) is 14.5. The smallest absolute Gasteiger partial charge is 0.0544 e. The van der Waals surface area contributed by atoms with Crippen molar-refractivity contribution in [1.29, 1.82) is 0 Å². The molecule has 3 heteroatoms. The standard InChI is InChI=1S/C16H27N3/c1-3-9-19(12-14-5-6-14)13-16-8-7-15(11-18-16)10-17-4-2/h7-8,11,14,17H,3-6,9-10,12-13H2,1-2H3. The summed E-state index contributed by atoms with van der Waals surface area (Å²) in [7, 11) is 0. The summed E-state index contributed by atoms with van der Waals surface area (Å²) in [5.74, 6) is 0.958. The molecule has 106 valence electrons. The van der Waals surface area contributed by atoms with Gasteiger partial charge in [0.1, 0.15) is 0 Å². The molecule has 0 aromatic carbocycles. The second-order valence-electron chi connectivity index (χ2n) is 5.62. The molecule has 1 fully saturated rings. The maximum absolute atomic E-state index is 4.60. The molecule has 1 saturated carbocycles. The van der Waals surface area contributed by atoms with Crippen LogP contribution < -0.4 is 5.32 Å². The Balaban J connectivity index is 1.84. The molecular weight excluding hydrogens is 234 g/mol. The van der Waals surface area contributed by atoms with Crippen molar-refractivity contribution in [2.75, 3.05) is 19.6 Å². The molecule has 0 bridgehead atoms. The van der Waals surface area contributed by atoms with Crippen molar-refractivity contribution in [3.05, 3.63) is 29.6 Å². The lowest BCUT2D eigenvalue weighted by Gasteiger charge is -2.21. The number of nitrogens with zero attached hydrogens (tertiary/aromatic N) is 2. The molecule has 0 spiro atoms. The molecule has 1 N–H and O–H groups in total. The Bertz CT molecular complexity index is 357. The van der Waals surface area contributed by atoms with Crippen LogP contribution in [0.2, 0.25) is 0 Å². The van der Waals surface area contributed by atoms with Crippen LogP contribution in [-0.4, -0.2) is 29.5 Å². The van der Waals surface area contributed by atoms with Crippen LogP contribution >= 0.6 is 0 Å². The van der Waals surface area contributed by atoms with Gasteiger partial charge < -0.3 is 5.32 Å². The van der Waals surface area contributed by atoms with E-state index in [0.29, 0.717) is 0 Å². The fourth-order valence-corrected chi connectivity index (χ4v) is 2.37. The summed E-state index contributed by atoms with van der Waals surface area (Å²) in [5.41, 5.74) is 2.48. The molecule has 1 aliphatic carbocycles. The molecule has 0 saturated heterocycles. The predicted octanol–water partition coefficient (Wildman–Crippen LogP) is 2.81. The molecule has 2 rings (SSSR count). The zero-order chi connectivity index (χ0) is 13.5. The van der Waals surface area contributed by atoms with Crippen molar-refractivity contribution in [3.8, 4) is 0 Å². The quantitative estimate of drug-likeness (QED) is 0.741. The SMILES string of the molecule is CCCN(Cc1ccc(CNCC)cn1)CC1CC1. The van der Waals surface area contributed by atoms with E-state index in [9.17, 15) is 0 Å². The van der Waals surface area contributed by atoms with Gasteiger partial charge in [0.25, 0.3) is 0 Å². The second-order valence-corrected chi connectivity index (χ2v) is 5.62. The molecule has 0 atom stereocenters. The molecular formula is C16H27N3. The van der Waals surface area contributed by atoms with E-state index in [1.165, 1.54) is 43.6 Å². The third-order valence-corrected chi connectivity index (χ3v) is 3.60. The molecule has 0 radical (unpaired) electrons. The third-order valence-electron chi connectivity index (χ3n) is 3.60. The fraction of sp³-hybridized carbons (Fsp3) is 0.688. The van der Waals surface area contributed by atoms with Crippen LogP contribution in [0.25, 0.3) is 0 Å². The van der Waals surface area contributed by atoms with Crippen LogP contribution in [0.1, 0.15) is 44.4 Å². The van der Waals surface area contributed by atoms with Crippen LogP contribution in [0.4, 0.5) is 0 Å². The van der Waals surface area contributed by atoms with Crippen molar-refractivity contribution in [1.82, 2.24) is 15.2 Å². The van der Waals surface area contributed by atoms with Gasteiger partial charge in [-0.3, -0.25) is 9.88 Å². The summed E-state index contributed by atoms with van der Waals surface area (Å²) in [4.78, 5) is 7.16. The predicted molar refractivity (Wildman–Crippen MR) is 79.9 cm³/mol. The average Bonchev–Trinajstić information content (AvgIpc) is 3.22. The number of nitrogens with one attached hydrogen (secondary N) is 1. The Morgan fingerprint density at radius 1 is 1.32 bits per heavy atom. The second kappa shape index (κ2) is 7.61. The van der Waals surface area contributed by atoms with E-state index in [1.54, 1.807) is 0 Å². The molecule has 0 amide bonds. The summed E-state index contributed by atoms with van der Waals surface area (Å²) in [6, 6.07) is 4.38. The molecule has 1 aromatic rings. The van der Waals surface area contributed by atoms with Crippen LogP contribution in [0.5, 0.6) is 0 Å². The van der Waals surface area contributed by atoms with Gasteiger partial charge in [0.2, 0.25) is 0 Å². The fourth-order valence-electron chi connectivity index (χ4n) is 2.37. The molecule has 1 aromatic heterocycles. The largest absolute Gasteiger partial charge is 0.313 e. The molecule has 19 heavy (non-hydrogen) atoms. The highest BCUT2D eigenvalue weighted by Gasteiger charge is 2.24. The Morgan fingerprint density at radius 3 is 2.74 bits per heavy atom. The summed E-state index contributed by atoms with van der Waals surface area (Å²) in [6.45, 7) is 9.77. The minimum absolute atomic E-state index is 0.921. The van der Waals surface area contributed by atoms with E-state index in [0.717, 1.165) is 25.6 Å². The van der Waals surface area contributed by atoms with Crippen LogP contribution in [0.15, 0.2) is 18.3 Å². The van der Waals surface area contributed by atoms with Crippen LogP contribution in [0, 0.1) is 5.92 Å². The average molecular weight is 261 g/mol. The number of aromatic nitrogens is 1. The van der Waals surface area contributed by atoms with E-state index in [4.69, 9.17) is 0 Å². The molecule has 1 aliphatic rings. The van der Waals surface area contributed by atoms with E-state index in [-0.39, 0.29) is 0 Å². The Hall–Kier alpha value is -0.930. The van der Waals surface area contributed by atoms with E-state index in [1.807, 2.05) is 6.20 Å². The van der Waals surface area contributed by atoms with Crippen molar-refractivity contribution < 1.29 is 0 Å². The van der Waals surface area contributed by atoms with E-state index >= 15 is 0 Å². The Labute approximate surface area is 117 Å². The first-order valence-corrected chi connectivity index (χ1v) is 7.68. The lowest BCUT2D eigenvalue weighted by Crippen LogP contribution is -2.26. The zero-order valence-corrected chi connectivity index (χ0v) is 12.4. The van der Waals surface area contributed by atoms with Gasteiger partial charge >= 0.3 is 0 Å². The van der Waals surface area contributed by atoms with E-state index in [2.05, 4.69) is 41.2 Å². The number of hydrogen-bond donors (Lipinski definition) is 1. The highest BCUT2D eigenvalue weighted by molar-refractivity contribution is 5.14. The molecule has 3 nitrogen and oxygen atoms in total. The normalized spacial score (nSPS) is 15.1. The highest BCUT2D eigenvalue weighted by atomic mass is 15.1. The Morgan fingerprint density at radius 2 is 2.16 bits per heavy atom. The lowest BCUT2D eigenvalue weighted by molar-refractivity contribution is 0.252. The van der Waals surface area contributed by atoms with Gasteiger partial charge in [0.15, 0.2) is 0 Å². The van der Waals surface area contributed by atoms with Gasteiger partial charge in [-0.2, -0.15) is 0 Å². The van der Waals surface area contributed by atoms with Gasteiger partial charge in [0, 0.05) is 25.8 Å². The van der Waals surface area contributed by atoms with Crippen molar-refractivity contribution in [3.63, 3.8) is 0 Å². The topological polar surface area (TPSA) is 28.2 Å². The maximum Gasteiger partial charge on any atom is 0.0544 e. The van der Waals surface area contributed by atoms with Gasteiger partial charge in [-0.1, -0.05) is 19.9 Å². The first-order valence-electron chi connectivity index (χ1n) is 7.68. The number of hydrogen-bond acceptors (Lipinski definition) is 3. The maximum atomic E-state index is 4.60. The minimum Gasteiger partial charge on any atom is -0.313 e. The van der Waals surface area contributed by atoms with Crippen molar-refractivity contribution in [2.24, 2.45) is 5.92 Å². The van der Waals surface area contributed by atoms with Gasteiger partial charge in [-0.05, 0) is 49.9 Å². The van der Waals surface area contributed by atoms with Crippen molar-refractivity contribution in [2.45, 2.75) is 46.2 Å². The zero-order valence-electron chi connectivity index (χ0n) is 12.4. The van der Waals surface area contributed by atoms with Crippen LogP contribution in [-0.2, 0) is 13.1 Å². The number of pyridine rings is 1. The van der Waals surface area contributed by atoms with Crippen molar-refractivity contribution >= 4 is 0 Å². The first-order chi connectivity index (χ1) is 9.31. The van der Waals surface area contributed by atoms with Gasteiger partial charge in [-0.15, -0.1) is 0 Å². The van der Waals surface area contributed by atoms with E-state index < -0.39 is 0 Å². The summed E-state index contributed by atoms with van der Waals surface area (Å²) in [5, 5.41) is 3.33. The summed E-state index contributed by atoms with van der Waals surface area (Å²) >= 11 is 0. The summed E-state index contributed by atoms with van der Waals surface area (Å²) < 4.78 is 0. The minimum atomic E-state index is 0.921. The summed E-state index contributed by atoms with van der Waals surface area (Å²) in [6.07, 6.45) is 6.09. The lowest BCUT2D eigenvalue weighted by atomic mass is 10.2. The molecule has 0 unspecified atom stereocenters. The monoisotopic (exact) mass is 261 g/mol.